The van der Waals surface area contributed by atoms with E-state index < -0.39 is 0 Å². The predicted molar refractivity (Wildman–Crippen MR) is 82.2 cm³/mol. The third-order valence-electron chi connectivity index (χ3n) is 3.11. The largest absolute Gasteiger partial charge is 0.473 e. The Bertz CT molecular complexity index is 825. The number of halogens is 1. The van der Waals surface area contributed by atoms with E-state index in [-0.39, 0.29) is 0 Å². The molecule has 3 nitrogen and oxygen atoms in total. The number of hydrogen-bond acceptors (Lipinski definition) is 3. The van der Waals surface area contributed by atoms with Crippen molar-refractivity contribution in [2.24, 2.45) is 0 Å². The lowest BCUT2D eigenvalue weighted by atomic mass is 10.1. The van der Waals surface area contributed by atoms with Crippen molar-refractivity contribution in [3.8, 4) is 11.9 Å². The van der Waals surface area contributed by atoms with Crippen LogP contribution in [-0.4, -0.2) is 4.98 Å². The minimum absolute atomic E-state index is 0.424. The van der Waals surface area contributed by atoms with E-state index in [1.54, 1.807) is 18.2 Å². The quantitative estimate of drug-likeness (QED) is 0.722. The summed E-state index contributed by atoms with van der Waals surface area (Å²) in [6.45, 7) is 0.424. The Morgan fingerprint density at radius 1 is 1.10 bits per heavy atom. The molecule has 0 saturated carbocycles. The Hall–Kier alpha value is -2.57. The van der Waals surface area contributed by atoms with Gasteiger partial charge in [-0.05, 0) is 17.7 Å². The molecule has 0 fully saturated rings. The molecule has 3 rings (SSSR count). The fourth-order valence-electron chi connectivity index (χ4n) is 2.11. The van der Waals surface area contributed by atoms with Crippen molar-refractivity contribution in [1.82, 2.24) is 4.98 Å². The van der Waals surface area contributed by atoms with Crippen molar-refractivity contribution in [3.05, 3.63) is 70.7 Å². The number of ether oxygens (including phenoxy) is 1. The first kappa shape index (κ1) is 13.4. The van der Waals surface area contributed by atoms with Crippen LogP contribution in [0.5, 0.6) is 5.88 Å². The monoisotopic (exact) mass is 294 g/mol. The molecule has 3 aromatic rings. The van der Waals surface area contributed by atoms with Gasteiger partial charge in [0.15, 0.2) is 0 Å². The molecule has 0 aliphatic carbocycles. The first-order chi connectivity index (χ1) is 10.3. The molecule has 0 aliphatic rings. The number of pyridine rings is 1. The van der Waals surface area contributed by atoms with Crippen LogP contribution in [0.25, 0.3) is 10.9 Å². The standard InChI is InChI=1S/C17H11ClN2O/c18-14-9-16(21-11-12-5-2-1-3-6-12)20-15-8-4-7-13(10-19)17(14)15/h1-9H,11H2. The topological polar surface area (TPSA) is 45.9 Å². The predicted octanol–water partition coefficient (Wildman–Crippen LogP) is 4.34. The lowest BCUT2D eigenvalue weighted by Crippen LogP contribution is -1.98. The van der Waals surface area contributed by atoms with Crippen molar-refractivity contribution in [2.75, 3.05) is 0 Å². The summed E-state index contributed by atoms with van der Waals surface area (Å²) in [7, 11) is 0. The average Bonchev–Trinajstić information content (AvgIpc) is 2.53. The van der Waals surface area contributed by atoms with Crippen LogP contribution in [0.1, 0.15) is 11.1 Å². The van der Waals surface area contributed by atoms with E-state index in [1.165, 1.54) is 0 Å². The van der Waals surface area contributed by atoms with Crippen molar-refractivity contribution in [3.63, 3.8) is 0 Å². The molecule has 0 saturated heterocycles. The SMILES string of the molecule is N#Cc1cccc2nc(OCc3ccccc3)cc(Cl)c12. The van der Waals surface area contributed by atoms with E-state index in [9.17, 15) is 0 Å². The Labute approximate surface area is 127 Å². The van der Waals surface area contributed by atoms with Crippen molar-refractivity contribution < 1.29 is 4.74 Å². The normalized spacial score (nSPS) is 10.3. The molecule has 0 unspecified atom stereocenters. The lowest BCUT2D eigenvalue weighted by Gasteiger charge is -2.08. The highest BCUT2D eigenvalue weighted by Crippen LogP contribution is 2.29. The van der Waals surface area contributed by atoms with Crippen LogP contribution < -0.4 is 4.74 Å². The second kappa shape index (κ2) is 5.82. The van der Waals surface area contributed by atoms with E-state index >= 15 is 0 Å². The van der Waals surface area contributed by atoms with Gasteiger partial charge < -0.3 is 4.74 Å². The summed E-state index contributed by atoms with van der Waals surface area (Å²) in [5, 5.41) is 10.2. The number of fused-ring (bicyclic) bond motifs is 1. The highest BCUT2D eigenvalue weighted by molar-refractivity contribution is 6.35. The third-order valence-corrected chi connectivity index (χ3v) is 3.41. The van der Waals surface area contributed by atoms with Gasteiger partial charge in [-0.25, -0.2) is 4.98 Å². The van der Waals surface area contributed by atoms with E-state index in [2.05, 4.69) is 11.1 Å². The summed E-state index contributed by atoms with van der Waals surface area (Å²) in [5.74, 6) is 0.450. The fraction of sp³-hybridized carbons (Fsp3) is 0.0588. The Balaban J connectivity index is 1.93. The summed E-state index contributed by atoms with van der Waals surface area (Å²) in [5.41, 5.74) is 2.23. The molecule has 21 heavy (non-hydrogen) atoms. The maximum Gasteiger partial charge on any atom is 0.215 e. The minimum Gasteiger partial charge on any atom is -0.473 e. The summed E-state index contributed by atoms with van der Waals surface area (Å²) in [4.78, 5) is 4.40. The van der Waals surface area contributed by atoms with Crippen LogP contribution in [0.15, 0.2) is 54.6 Å². The number of benzene rings is 2. The molecule has 1 aromatic heterocycles. The first-order valence-corrected chi connectivity index (χ1v) is 6.82. The van der Waals surface area contributed by atoms with Gasteiger partial charge in [-0.15, -0.1) is 0 Å². The van der Waals surface area contributed by atoms with Gasteiger partial charge in [0.1, 0.15) is 6.61 Å². The van der Waals surface area contributed by atoms with Crippen molar-refractivity contribution >= 4 is 22.5 Å². The minimum atomic E-state index is 0.424. The number of nitriles is 1. The van der Waals surface area contributed by atoms with Gasteiger partial charge >= 0.3 is 0 Å². The fourth-order valence-corrected chi connectivity index (χ4v) is 2.41. The van der Waals surface area contributed by atoms with E-state index in [1.807, 2.05) is 36.4 Å². The van der Waals surface area contributed by atoms with Crippen molar-refractivity contribution in [1.29, 1.82) is 5.26 Å². The second-order valence-electron chi connectivity index (χ2n) is 4.53. The van der Waals surface area contributed by atoms with Crippen LogP contribution >= 0.6 is 11.6 Å². The Morgan fingerprint density at radius 2 is 1.90 bits per heavy atom. The first-order valence-electron chi connectivity index (χ1n) is 6.44. The van der Waals surface area contributed by atoms with E-state index in [0.29, 0.717) is 34.0 Å². The molecule has 102 valence electrons. The molecule has 0 radical (unpaired) electrons. The molecule has 0 spiro atoms. The van der Waals surface area contributed by atoms with Gasteiger partial charge in [-0.3, -0.25) is 0 Å². The zero-order chi connectivity index (χ0) is 14.7. The molecule has 0 atom stereocenters. The molecule has 0 N–H and O–H groups in total. The van der Waals surface area contributed by atoms with E-state index in [4.69, 9.17) is 21.6 Å². The number of hydrogen-bond donors (Lipinski definition) is 0. The highest BCUT2D eigenvalue weighted by atomic mass is 35.5. The molecule has 2 aromatic carbocycles. The molecule has 1 heterocycles. The van der Waals surface area contributed by atoms with Gasteiger partial charge in [0.05, 0.1) is 22.2 Å². The molecular formula is C17H11ClN2O. The zero-order valence-electron chi connectivity index (χ0n) is 11.1. The Morgan fingerprint density at radius 3 is 2.67 bits per heavy atom. The van der Waals surface area contributed by atoms with Crippen LogP contribution in [0.3, 0.4) is 0 Å². The maximum atomic E-state index is 9.11. The molecule has 0 amide bonds. The van der Waals surface area contributed by atoms with Crippen LogP contribution in [0.4, 0.5) is 0 Å². The van der Waals surface area contributed by atoms with Gasteiger partial charge in [0.2, 0.25) is 5.88 Å². The van der Waals surface area contributed by atoms with Crippen LogP contribution in [0, 0.1) is 11.3 Å². The van der Waals surface area contributed by atoms with Gasteiger partial charge in [-0.1, -0.05) is 48.0 Å². The summed E-state index contributed by atoms with van der Waals surface area (Å²) in [6.07, 6.45) is 0. The summed E-state index contributed by atoms with van der Waals surface area (Å²) >= 11 is 6.26. The van der Waals surface area contributed by atoms with E-state index in [0.717, 1.165) is 5.56 Å². The van der Waals surface area contributed by atoms with Gasteiger partial charge in [-0.2, -0.15) is 5.26 Å². The summed E-state index contributed by atoms with van der Waals surface area (Å²) < 4.78 is 5.68. The molecule has 0 aliphatic heterocycles. The van der Waals surface area contributed by atoms with Crippen molar-refractivity contribution in [2.45, 2.75) is 6.61 Å². The maximum absolute atomic E-state index is 9.11. The smallest absolute Gasteiger partial charge is 0.215 e. The number of nitrogens with zero attached hydrogens (tertiary/aromatic N) is 2. The van der Waals surface area contributed by atoms with Gasteiger partial charge in [0.25, 0.3) is 0 Å². The van der Waals surface area contributed by atoms with Gasteiger partial charge in [0, 0.05) is 11.5 Å². The van der Waals surface area contributed by atoms with Crippen LogP contribution in [-0.2, 0) is 6.61 Å². The lowest BCUT2D eigenvalue weighted by molar-refractivity contribution is 0.295. The number of aromatic nitrogens is 1. The summed E-state index contributed by atoms with van der Waals surface area (Å²) in [6, 6.07) is 18.9. The molecule has 0 bridgehead atoms. The molecule has 4 heteroatoms. The second-order valence-corrected chi connectivity index (χ2v) is 4.94. The zero-order valence-corrected chi connectivity index (χ0v) is 11.8. The average molecular weight is 295 g/mol. The third kappa shape index (κ3) is 2.81. The van der Waals surface area contributed by atoms with Crippen LogP contribution in [0.2, 0.25) is 5.02 Å². The highest BCUT2D eigenvalue weighted by Gasteiger charge is 2.09. The molecular weight excluding hydrogens is 284 g/mol. The number of rotatable bonds is 3. The Kier molecular flexibility index (Phi) is 3.72.